The van der Waals surface area contributed by atoms with Gasteiger partial charge in [0.1, 0.15) is 23.2 Å². The average molecular weight is 386 g/mol. The van der Waals surface area contributed by atoms with Crippen molar-refractivity contribution in [3.8, 4) is 17.4 Å². The molecule has 2 N–H and O–H groups in total. The van der Waals surface area contributed by atoms with Crippen molar-refractivity contribution in [1.29, 1.82) is 5.26 Å². The molecule has 0 saturated heterocycles. The molecule has 3 aromatic rings. The van der Waals surface area contributed by atoms with E-state index >= 15 is 0 Å². The maximum atomic E-state index is 12.4. The highest BCUT2D eigenvalue weighted by atomic mass is 16.4. The Morgan fingerprint density at radius 1 is 1.07 bits per heavy atom. The Balaban J connectivity index is 1.75. The molecule has 3 rings (SSSR count). The molecule has 6 heteroatoms. The van der Waals surface area contributed by atoms with Crippen LogP contribution in [0.1, 0.15) is 34.6 Å². The number of nitriles is 1. The van der Waals surface area contributed by atoms with Crippen LogP contribution in [0.25, 0.3) is 17.4 Å². The largest absolute Gasteiger partial charge is 0.478 e. The summed E-state index contributed by atoms with van der Waals surface area (Å²) in [4.78, 5) is 23.4. The van der Waals surface area contributed by atoms with Crippen LogP contribution in [-0.2, 0) is 4.79 Å². The number of amides is 1. The van der Waals surface area contributed by atoms with Crippen LogP contribution in [0.4, 0.5) is 0 Å². The molecule has 1 amide bonds. The van der Waals surface area contributed by atoms with Crippen LogP contribution in [-0.4, -0.2) is 17.0 Å². The Kier molecular flexibility index (Phi) is 5.91. The third-order valence-corrected chi connectivity index (χ3v) is 4.34. The van der Waals surface area contributed by atoms with Crippen molar-refractivity contribution in [3.63, 3.8) is 0 Å². The Bertz CT molecular complexity index is 1090. The van der Waals surface area contributed by atoms with Gasteiger partial charge in [-0.2, -0.15) is 5.26 Å². The number of furan rings is 1. The van der Waals surface area contributed by atoms with Gasteiger partial charge in [-0.15, -0.1) is 0 Å². The summed E-state index contributed by atoms with van der Waals surface area (Å²) in [6.07, 6.45) is 1.38. The Morgan fingerprint density at radius 2 is 1.76 bits per heavy atom. The Morgan fingerprint density at radius 3 is 2.38 bits per heavy atom. The fraction of sp³-hybridized carbons (Fsp3) is 0.0870. The summed E-state index contributed by atoms with van der Waals surface area (Å²) in [5.41, 5.74) is 1.73. The van der Waals surface area contributed by atoms with E-state index in [4.69, 9.17) is 9.52 Å². The summed E-state index contributed by atoms with van der Waals surface area (Å²) < 4.78 is 5.69. The molecule has 0 saturated carbocycles. The number of carbonyl (C=O) groups excluding carboxylic acids is 1. The van der Waals surface area contributed by atoms with Crippen molar-refractivity contribution in [1.82, 2.24) is 5.32 Å². The van der Waals surface area contributed by atoms with E-state index in [-0.39, 0.29) is 17.2 Å². The van der Waals surface area contributed by atoms with Gasteiger partial charge in [-0.1, -0.05) is 42.5 Å². The number of carboxylic acid groups (broad SMARTS) is 1. The minimum Gasteiger partial charge on any atom is -0.478 e. The molecular formula is C23H18N2O4. The third kappa shape index (κ3) is 4.79. The molecule has 1 atom stereocenters. The number of carbonyl (C=O) groups is 2. The van der Waals surface area contributed by atoms with Crippen molar-refractivity contribution in [2.75, 3.05) is 0 Å². The first kappa shape index (κ1) is 19.6. The van der Waals surface area contributed by atoms with Crippen molar-refractivity contribution in [2.24, 2.45) is 0 Å². The molecule has 1 heterocycles. The molecule has 0 spiro atoms. The highest BCUT2D eigenvalue weighted by Crippen LogP contribution is 2.24. The van der Waals surface area contributed by atoms with Gasteiger partial charge in [-0.05, 0) is 36.8 Å². The second kappa shape index (κ2) is 8.72. The SMILES string of the molecule is C[C@H](NC(=O)/C(C#N)=C/c1ccc(-c2ccc(C(=O)O)cc2)o1)c1ccccc1. The number of aromatic carboxylic acids is 1. The molecule has 2 aromatic carbocycles. The molecular weight excluding hydrogens is 368 g/mol. The van der Waals surface area contributed by atoms with Crippen LogP contribution in [0, 0.1) is 11.3 Å². The first-order valence-electron chi connectivity index (χ1n) is 8.89. The van der Waals surface area contributed by atoms with Crippen LogP contribution >= 0.6 is 0 Å². The zero-order valence-electron chi connectivity index (χ0n) is 15.6. The molecule has 6 nitrogen and oxygen atoms in total. The number of carboxylic acids is 1. The molecule has 0 radical (unpaired) electrons. The quantitative estimate of drug-likeness (QED) is 0.482. The monoisotopic (exact) mass is 386 g/mol. The van der Waals surface area contributed by atoms with E-state index in [1.54, 1.807) is 24.3 Å². The Hall–Kier alpha value is -4.11. The molecule has 0 fully saturated rings. The first-order valence-corrected chi connectivity index (χ1v) is 8.89. The normalized spacial score (nSPS) is 12.1. The van der Waals surface area contributed by atoms with Crippen molar-refractivity contribution in [2.45, 2.75) is 13.0 Å². The van der Waals surface area contributed by atoms with Gasteiger partial charge in [0.05, 0.1) is 11.6 Å². The molecule has 0 aliphatic heterocycles. The molecule has 0 bridgehead atoms. The summed E-state index contributed by atoms with van der Waals surface area (Å²) in [6, 6.07) is 20.7. The standard InChI is InChI=1S/C23H18N2O4/c1-15(16-5-3-2-4-6-16)25-22(26)19(14-24)13-20-11-12-21(29-20)17-7-9-18(10-8-17)23(27)28/h2-13,15H,1H3,(H,25,26)(H,27,28)/b19-13+/t15-/m0/s1. The van der Waals surface area contributed by atoms with Crippen molar-refractivity contribution in [3.05, 3.63) is 89.2 Å². The maximum Gasteiger partial charge on any atom is 0.335 e. The van der Waals surface area contributed by atoms with Gasteiger partial charge in [0, 0.05) is 11.6 Å². The Labute approximate surface area is 167 Å². The van der Waals surface area contributed by atoms with E-state index in [2.05, 4.69) is 5.32 Å². The van der Waals surface area contributed by atoms with E-state index in [9.17, 15) is 14.9 Å². The molecule has 1 aromatic heterocycles. The van der Waals surface area contributed by atoms with Crippen molar-refractivity contribution < 1.29 is 19.1 Å². The summed E-state index contributed by atoms with van der Waals surface area (Å²) in [6.45, 7) is 1.84. The van der Waals surface area contributed by atoms with E-state index in [1.165, 1.54) is 18.2 Å². The van der Waals surface area contributed by atoms with Crippen molar-refractivity contribution >= 4 is 18.0 Å². The molecule has 144 valence electrons. The first-order chi connectivity index (χ1) is 14.0. The zero-order chi connectivity index (χ0) is 20.8. The van der Waals surface area contributed by atoms with Crippen LogP contribution in [0.2, 0.25) is 0 Å². The van der Waals surface area contributed by atoms with E-state index in [1.807, 2.05) is 43.3 Å². The predicted octanol–water partition coefficient (Wildman–Crippen LogP) is 4.43. The smallest absolute Gasteiger partial charge is 0.335 e. The second-order valence-electron chi connectivity index (χ2n) is 6.36. The fourth-order valence-electron chi connectivity index (χ4n) is 2.75. The molecule has 0 aliphatic rings. The van der Waals surface area contributed by atoms with Gasteiger partial charge in [-0.25, -0.2) is 4.79 Å². The van der Waals surface area contributed by atoms with Gasteiger partial charge in [0.25, 0.3) is 5.91 Å². The van der Waals surface area contributed by atoms with Gasteiger partial charge >= 0.3 is 5.97 Å². The minimum atomic E-state index is -1.01. The maximum absolute atomic E-state index is 12.4. The third-order valence-electron chi connectivity index (χ3n) is 4.34. The summed E-state index contributed by atoms with van der Waals surface area (Å²) in [5.74, 6) is -0.647. The lowest BCUT2D eigenvalue weighted by atomic mass is 10.1. The number of hydrogen-bond acceptors (Lipinski definition) is 4. The number of nitrogens with zero attached hydrogens (tertiary/aromatic N) is 1. The van der Waals surface area contributed by atoms with Gasteiger partial charge < -0.3 is 14.8 Å². The number of benzene rings is 2. The zero-order valence-corrected chi connectivity index (χ0v) is 15.6. The van der Waals surface area contributed by atoms with E-state index in [0.29, 0.717) is 17.1 Å². The summed E-state index contributed by atoms with van der Waals surface area (Å²) >= 11 is 0. The van der Waals surface area contributed by atoms with Gasteiger partial charge in [0.15, 0.2) is 0 Å². The highest BCUT2D eigenvalue weighted by molar-refractivity contribution is 6.01. The van der Waals surface area contributed by atoms with Crippen LogP contribution < -0.4 is 5.32 Å². The number of hydrogen-bond donors (Lipinski definition) is 2. The second-order valence-corrected chi connectivity index (χ2v) is 6.36. The molecule has 0 unspecified atom stereocenters. The predicted molar refractivity (Wildman–Crippen MR) is 108 cm³/mol. The summed E-state index contributed by atoms with van der Waals surface area (Å²) in [5, 5.41) is 21.1. The molecule has 0 aliphatic carbocycles. The van der Waals surface area contributed by atoms with E-state index < -0.39 is 11.9 Å². The van der Waals surface area contributed by atoms with E-state index in [0.717, 1.165) is 5.56 Å². The molecule has 29 heavy (non-hydrogen) atoms. The average Bonchev–Trinajstić information content (AvgIpc) is 3.21. The van der Waals surface area contributed by atoms with Gasteiger partial charge in [-0.3, -0.25) is 4.79 Å². The highest BCUT2D eigenvalue weighted by Gasteiger charge is 2.15. The number of nitrogens with one attached hydrogen (secondary N) is 1. The van der Waals surface area contributed by atoms with Gasteiger partial charge in [0.2, 0.25) is 0 Å². The van der Waals surface area contributed by atoms with Crippen LogP contribution in [0.15, 0.2) is 76.7 Å². The lowest BCUT2D eigenvalue weighted by molar-refractivity contribution is -0.117. The lowest BCUT2D eigenvalue weighted by Gasteiger charge is -2.13. The summed E-state index contributed by atoms with van der Waals surface area (Å²) in [7, 11) is 0. The fourth-order valence-corrected chi connectivity index (χ4v) is 2.75. The minimum absolute atomic E-state index is 0.0742. The van der Waals surface area contributed by atoms with Crippen LogP contribution in [0.3, 0.4) is 0 Å². The topological polar surface area (TPSA) is 103 Å². The lowest BCUT2D eigenvalue weighted by Crippen LogP contribution is -2.27. The van der Waals surface area contributed by atoms with Crippen LogP contribution in [0.5, 0.6) is 0 Å². The number of rotatable bonds is 6.